The van der Waals surface area contributed by atoms with Gasteiger partial charge in [0.15, 0.2) is 0 Å². The summed E-state index contributed by atoms with van der Waals surface area (Å²) in [5, 5.41) is 5.79. The Labute approximate surface area is 189 Å². The molecule has 0 aromatic heterocycles. The van der Waals surface area contributed by atoms with Crippen LogP contribution in [-0.4, -0.2) is 55.2 Å². The molecule has 2 aromatic rings. The van der Waals surface area contributed by atoms with Gasteiger partial charge in [0.25, 0.3) is 5.91 Å². The number of nitrogens with zero attached hydrogens (tertiary/aromatic N) is 2. The van der Waals surface area contributed by atoms with Crippen molar-refractivity contribution in [1.29, 1.82) is 0 Å². The van der Waals surface area contributed by atoms with Gasteiger partial charge in [-0.05, 0) is 55.7 Å². The molecule has 2 heterocycles. The quantitative estimate of drug-likeness (QED) is 0.730. The van der Waals surface area contributed by atoms with Gasteiger partial charge in [-0.3, -0.25) is 14.6 Å². The summed E-state index contributed by atoms with van der Waals surface area (Å²) in [6.07, 6.45) is 0.525. The molecular formula is C25H32N4O3. The summed E-state index contributed by atoms with van der Waals surface area (Å²) in [6.45, 7) is 10.7. The van der Waals surface area contributed by atoms with Crippen LogP contribution in [0.4, 0.5) is 10.5 Å². The summed E-state index contributed by atoms with van der Waals surface area (Å²) in [7, 11) is 0. The maximum Gasteiger partial charge on any atom is 0.322 e. The lowest BCUT2D eigenvalue weighted by molar-refractivity contribution is -0.0704. The van der Waals surface area contributed by atoms with Crippen LogP contribution in [0.2, 0.25) is 0 Å². The van der Waals surface area contributed by atoms with Gasteiger partial charge in [0.05, 0.1) is 12.2 Å². The summed E-state index contributed by atoms with van der Waals surface area (Å²) in [6, 6.07) is 13.8. The van der Waals surface area contributed by atoms with Crippen molar-refractivity contribution in [3.05, 3.63) is 64.7 Å². The molecule has 7 heteroatoms. The Morgan fingerprint density at radius 2 is 1.78 bits per heavy atom. The van der Waals surface area contributed by atoms with Gasteiger partial charge in [0.2, 0.25) is 0 Å². The summed E-state index contributed by atoms with van der Waals surface area (Å²) in [5.74, 6) is -0.120. The number of hydrogen-bond donors (Lipinski definition) is 2. The van der Waals surface area contributed by atoms with Crippen LogP contribution in [0, 0.1) is 6.92 Å². The van der Waals surface area contributed by atoms with E-state index in [9.17, 15) is 9.59 Å². The lowest BCUT2D eigenvalue weighted by Crippen LogP contribution is -2.44. The predicted molar refractivity (Wildman–Crippen MR) is 125 cm³/mol. The lowest BCUT2D eigenvalue weighted by atomic mass is 10.1. The third-order valence-electron chi connectivity index (χ3n) is 5.98. The second-order valence-corrected chi connectivity index (χ2v) is 8.84. The molecule has 0 saturated carbocycles. The Bertz CT molecular complexity index is 966. The highest BCUT2D eigenvalue weighted by Crippen LogP contribution is 2.23. The van der Waals surface area contributed by atoms with Crippen LogP contribution >= 0.6 is 0 Å². The van der Waals surface area contributed by atoms with Crippen molar-refractivity contribution in [3.8, 4) is 0 Å². The van der Waals surface area contributed by atoms with Crippen LogP contribution in [-0.2, 0) is 17.8 Å². The topological polar surface area (TPSA) is 73.9 Å². The van der Waals surface area contributed by atoms with Gasteiger partial charge >= 0.3 is 6.03 Å². The number of carbonyl (C=O) groups excluding carboxylic acids is 2. The summed E-state index contributed by atoms with van der Waals surface area (Å²) in [4.78, 5) is 28.7. The lowest BCUT2D eigenvalue weighted by Gasteiger charge is -2.35. The third-order valence-corrected chi connectivity index (χ3v) is 5.98. The molecule has 2 atom stereocenters. The van der Waals surface area contributed by atoms with Crippen molar-refractivity contribution in [1.82, 2.24) is 15.5 Å². The number of nitrogens with one attached hydrogen (secondary N) is 2. The van der Waals surface area contributed by atoms with E-state index in [1.165, 1.54) is 5.56 Å². The molecule has 4 rings (SSSR count). The number of rotatable bonds is 6. The van der Waals surface area contributed by atoms with Gasteiger partial charge in [0.1, 0.15) is 0 Å². The number of urea groups is 1. The van der Waals surface area contributed by atoms with E-state index in [-0.39, 0.29) is 24.1 Å². The number of anilines is 1. The number of benzene rings is 2. The summed E-state index contributed by atoms with van der Waals surface area (Å²) >= 11 is 0. The monoisotopic (exact) mass is 436 g/mol. The van der Waals surface area contributed by atoms with E-state index >= 15 is 0 Å². The number of ether oxygens (including phenoxy) is 1. The number of aryl methyl sites for hydroxylation is 1. The van der Waals surface area contributed by atoms with Crippen molar-refractivity contribution in [2.24, 2.45) is 0 Å². The van der Waals surface area contributed by atoms with Crippen molar-refractivity contribution in [2.75, 3.05) is 31.1 Å². The molecule has 2 aliphatic rings. The molecule has 3 amide bonds. The summed E-state index contributed by atoms with van der Waals surface area (Å²) in [5.41, 5.74) is 4.67. The van der Waals surface area contributed by atoms with Crippen LogP contribution in [0.25, 0.3) is 0 Å². The minimum Gasteiger partial charge on any atom is -0.373 e. The van der Waals surface area contributed by atoms with Gasteiger partial charge in [-0.25, -0.2) is 4.79 Å². The van der Waals surface area contributed by atoms with Crippen LogP contribution in [0.15, 0.2) is 42.5 Å². The second kappa shape index (κ2) is 9.71. The minimum absolute atomic E-state index is 0.0913. The molecule has 0 bridgehead atoms. The fourth-order valence-electron chi connectivity index (χ4n) is 4.52. The van der Waals surface area contributed by atoms with E-state index in [2.05, 4.69) is 53.6 Å². The highest BCUT2D eigenvalue weighted by atomic mass is 16.5. The molecule has 2 aromatic carbocycles. The molecule has 2 unspecified atom stereocenters. The zero-order valence-corrected chi connectivity index (χ0v) is 19.1. The molecule has 0 spiro atoms. The largest absolute Gasteiger partial charge is 0.373 e. The number of morpholine rings is 1. The molecule has 0 aliphatic carbocycles. The number of hydrogen-bond acceptors (Lipinski definition) is 4. The van der Waals surface area contributed by atoms with Gasteiger partial charge in [0, 0.05) is 50.5 Å². The summed E-state index contributed by atoms with van der Waals surface area (Å²) < 4.78 is 5.81. The zero-order chi connectivity index (χ0) is 22.7. The maximum absolute atomic E-state index is 12.6. The fourth-order valence-corrected chi connectivity index (χ4v) is 4.52. The first-order valence-electron chi connectivity index (χ1n) is 11.3. The molecule has 2 fully saturated rings. The number of amides is 3. The molecule has 32 heavy (non-hydrogen) atoms. The highest BCUT2D eigenvalue weighted by molar-refractivity contribution is 5.97. The molecule has 2 aliphatic heterocycles. The van der Waals surface area contributed by atoms with Gasteiger partial charge < -0.3 is 15.4 Å². The Morgan fingerprint density at radius 1 is 1.09 bits per heavy atom. The predicted octanol–water partition coefficient (Wildman–Crippen LogP) is 3.06. The Hall–Kier alpha value is -2.90. The van der Waals surface area contributed by atoms with Gasteiger partial charge in [-0.1, -0.05) is 24.3 Å². The van der Waals surface area contributed by atoms with E-state index in [0.29, 0.717) is 25.2 Å². The van der Waals surface area contributed by atoms with E-state index in [0.717, 1.165) is 36.4 Å². The van der Waals surface area contributed by atoms with Crippen molar-refractivity contribution in [3.63, 3.8) is 0 Å². The molecule has 7 nitrogen and oxygen atoms in total. The zero-order valence-electron chi connectivity index (χ0n) is 19.1. The SMILES string of the molecule is Cc1cc(C(=O)NCc2ccc(CN3CC(C)OC(C)C3)cc2)ccc1N1CCNC1=O. The first-order valence-corrected chi connectivity index (χ1v) is 11.3. The van der Waals surface area contributed by atoms with E-state index in [1.54, 1.807) is 11.0 Å². The number of carbonyl (C=O) groups is 2. The average molecular weight is 437 g/mol. The van der Waals surface area contributed by atoms with Crippen LogP contribution in [0.3, 0.4) is 0 Å². The first kappa shape index (κ1) is 22.3. The van der Waals surface area contributed by atoms with Crippen molar-refractivity contribution in [2.45, 2.75) is 46.1 Å². The van der Waals surface area contributed by atoms with Crippen LogP contribution in [0.5, 0.6) is 0 Å². The first-order chi connectivity index (χ1) is 15.4. The molecular weight excluding hydrogens is 404 g/mol. The second-order valence-electron chi connectivity index (χ2n) is 8.84. The highest BCUT2D eigenvalue weighted by Gasteiger charge is 2.23. The third kappa shape index (κ3) is 5.29. The molecule has 170 valence electrons. The standard InChI is InChI=1S/C25H32N4O3/c1-17-12-22(8-9-23(17)29-11-10-26-25(29)31)24(30)27-13-20-4-6-21(7-5-20)16-28-14-18(2)32-19(3)15-28/h4-9,12,18-19H,10-11,13-16H2,1-3H3,(H,26,31)(H,27,30). The van der Waals surface area contributed by atoms with E-state index < -0.39 is 0 Å². The normalized spacial score (nSPS) is 21.5. The Balaban J connectivity index is 1.31. The smallest absolute Gasteiger partial charge is 0.322 e. The molecule has 2 N–H and O–H groups in total. The minimum atomic E-state index is -0.120. The molecule has 0 radical (unpaired) electrons. The fraction of sp³-hybridized carbons (Fsp3) is 0.440. The van der Waals surface area contributed by atoms with Crippen LogP contribution in [0.1, 0.15) is 40.9 Å². The van der Waals surface area contributed by atoms with Crippen molar-refractivity contribution >= 4 is 17.6 Å². The van der Waals surface area contributed by atoms with Gasteiger partial charge in [-0.15, -0.1) is 0 Å². The van der Waals surface area contributed by atoms with Gasteiger partial charge in [-0.2, -0.15) is 0 Å². The van der Waals surface area contributed by atoms with E-state index in [4.69, 9.17) is 4.74 Å². The molecule has 2 saturated heterocycles. The Kier molecular flexibility index (Phi) is 6.77. The van der Waals surface area contributed by atoms with Crippen LogP contribution < -0.4 is 15.5 Å². The van der Waals surface area contributed by atoms with E-state index in [1.807, 2.05) is 19.1 Å². The maximum atomic E-state index is 12.6. The average Bonchev–Trinajstić information content (AvgIpc) is 3.18. The van der Waals surface area contributed by atoms with Crippen molar-refractivity contribution < 1.29 is 14.3 Å². The Morgan fingerprint density at radius 3 is 2.41 bits per heavy atom.